The maximum Gasteiger partial charge on any atom is 0.260 e. The van der Waals surface area contributed by atoms with Crippen molar-refractivity contribution in [3.05, 3.63) is 62.5 Å². The molecule has 0 aliphatic rings. The van der Waals surface area contributed by atoms with Crippen LogP contribution in [0.2, 0.25) is 15.1 Å². The third kappa shape index (κ3) is 3.81. The van der Waals surface area contributed by atoms with E-state index in [9.17, 15) is 4.79 Å². The molecular formula is C16H14Cl3N5O. The third-order valence-corrected chi connectivity index (χ3v) is 4.64. The molecule has 0 saturated heterocycles. The van der Waals surface area contributed by atoms with Gasteiger partial charge in [-0.15, -0.1) is 0 Å². The predicted octanol–water partition coefficient (Wildman–Crippen LogP) is 4.19. The SMILES string of the molecule is Cc1c(C(=O)Nc2nn(Cc3ccc(Cl)cc3Cl)cc2Cl)cnn1C. The van der Waals surface area contributed by atoms with Gasteiger partial charge in [-0.3, -0.25) is 14.2 Å². The van der Waals surface area contributed by atoms with Crippen LogP contribution in [0.15, 0.2) is 30.6 Å². The minimum absolute atomic E-state index is 0.278. The Bertz CT molecular complexity index is 947. The number of benzene rings is 1. The van der Waals surface area contributed by atoms with Gasteiger partial charge in [0.15, 0.2) is 5.82 Å². The molecular weight excluding hydrogens is 385 g/mol. The topological polar surface area (TPSA) is 64.7 Å². The first-order chi connectivity index (χ1) is 11.8. The average molecular weight is 399 g/mol. The smallest absolute Gasteiger partial charge is 0.260 e. The van der Waals surface area contributed by atoms with E-state index in [4.69, 9.17) is 34.8 Å². The Morgan fingerprint density at radius 2 is 2.00 bits per heavy atom. The summed E-state index contributed by atoms with van der Waals surface area (Å²) >= 11 is 18.2. The monoisotopic (exact) mass is 397 g/mol. The first-order valence-electron chi connectivity index (χ1n) is 7.32. The van der Waals surface area contributed by atoms with Gasteiger partial charge in [0.2, 0.25) is 0 Å². The number of nitrogens with one attached hydrogen (secondary N) is 1. The van der Waals surface area contributed by atoms with E-state index in [-0.39, 0.29) is 11.7 Å². The highest BCUT2D eigenvalue weighted by Gasteiger charge is 2.16. The predicted molar refractivity (Wildman–Crippen MR) is 98.7 cm³/mol. The van der Waals surface area contributed by atoms with Crippen molar-refractivity contribution < 1.29 is 4.79 Å². The van der Waals surface area contributed by atoms with Crippen LogP contribution in [0.5, 0.6) is 0 Å². The van der Waals surface area contributed by atoms with Gasteiger partial charge in [-0.2, -0.15) is 10.2 Å². The number of amides is 1. The molecule has 6 nitrogen and oxygen atoms in total. The molecule has 0 fully saturated rings. The Labute approximate surface area is 159 Å². The van der Waals surface area contributed by atoms with Gasteiger partial charge in [-0.05, 0) is 24.6 Å². The minimum atomic E-state index is -0.317. The summed E-state index contributed by atoms with van der Waals surface area (Å²) in [6, 6.07) is 5.23. The number of hydrogen-bond donors (Lipinski definition) is 1. The van der Waals surface area contributed by atoms with Gasteiger partial charge in [-0.1, -0.05) is 40.9 Å². The zero-order chi connectivity index (χ0) is 18.1. The highest BCUT2D eigenvalue weighted by atomic mass is 35.5. The number of halogens is 3. The molecule has 0 unspecified atom stereocenters. The summed E-state index contributed by atoms with van der Waals surface area (Å²) in [6.45, 7) is 2.21. The summed E-state index contributed by atoms with van der Waals surface area (Å²) in [7, 11) is 1.77. The molecule has 2 heterocycles. The third-order valence-electron chi connectivity index (χ3n) is 3.78. The standard InChI is InChI=1S/C16H14Cl3N5O/c1-9-12(6-20-23(9)2)16(25)21-15-14(19)8-24(22-15)7-10-3-4-11(17)5-13(10)18/h3-6,8H,7H2,1-2H3,(H,21,22,25). The molecule has 1 N–H and O–H groups in total. The summed E-state index contributed by atoms with van der Waals surface area (Å²) in [4.78, 5) is 12.4. The van der Waals surface area contributed by atoms with E-state index in [1.807, 2.05) is 13.0 Å². The number of hydrogen-bond acceptors (Lipinski definition) is 3. The Balaban J connectivity index is 1.78. The number of anilines is 1. The minimum Gasteiger partial charge on any atom is -0.304 e. The van der Waals surface area contributed by atoms with Gasteiger partial charge in [0.1, 0.15) is 5.02 Å². The van der Waals surface area contributed by atoms with Crippen LogP contribution in [0.1, 0.15) is 21.6 Å². The lowest BCUT2D eigenvalue weighted by atomic mass is 10.2. The van der Waals surface area contributed by atoms with Crippen LogP contribution >= 0.6 is 34.8 Å². The van der Waals surface area contributed by atoms with E-state index in [1.54, 1.807) is 34.7 Å². The van der Waals surface area contributed by atoms with Crippen molar-refractivity contribution in [3.8, 4) is 0 Å². The molecule has 1 amide bonds. The fraction of sp³-hybridized carbons (Fsp3) is 0.188. The normalized spacial score (nSPS) is 10.9. The van der Waals surface area contributed by atoms with Crippen LogP contribution in [0.25, 0.3) is 0 Å². The molecule has 3 aromatic rings. The summed E-state index contributed by atoms with van der Waals surface area (Å²) in [5, 5.41) is 12.5. The van der Waals surface area contributed by atoms with Crippen LogP contribution in [0.4, 0.5) is 5.82 Å². The summed E-state index contributed by atoms with van der Waals surface area (Å²) in [6.07, 6.45) is 3.13. The van der Waals surface area contributed by atoms with Crippen molar-refractivity contribution >= 4 is 46.5 Å². The Morgan fingerprint density at radius 3 is 2.64 bits per heavy atom. The molecule has 0 aliphatic heterocycles. The fourth-order valence-corrected chi connectivity index (χ4v) is 2.95. The van der Waals surface area contributed by atoms with Crippen molar-refractivity contribution in [2.24, 2.45) is 7.05 Å². The molecule has 25 heavy (non-hydrogen) atoms. The molecule has 2 aromatic heterocycles. The van der Waals surface area contributed by atoms with Crippen LogP contribution in [-0.4, -0.2) is 25.5 Å². The second-order valence-corrected chi connectivity index (χ2v) is 6.73. The second-order valence-electron chi connectivity index (χ2n) is 5.48. The molecule has 0 spiro atoms. The van der Waals surface area contributed by atoms with Gasteiger partial charge in [-0.25, -0.2) is 0 Å². The van der Waals surface area contributed by atoms with Crippen molar-refractivity contribution in [2.45, 2.75) is 13.5 Å². The number of aromatic nitrogens is 4. The van der Waals surface area contributed by atoms with E-state index < -0.39 is 0 Å². The molecule has 1 aromatic carbocycles. The van der Waals surface area contributed by atoms with Crippen LogP contribution in [0.3, 0.4) is 0 Å². The Kier molecular flexibility index (Phi) is 5.03. The van der Waals surface area contributed by atoms with Gasteiger partial charge in [0.05, 0.1) is 18.3 Å². The van der Waals surface area contributed by atoms with Crippen molar-refractivity contribution in [2.75, 3.05) is 5.32 Å². The molecule has 0 bridgehead atoms. The highest BCUT2D eigenvalue weighted by Crippen LogP contribution is 2.24. The average Bonchev–Trinajstić information content (AvgIpc) is 3.06. The van der Waals surface area contributed by atoms with Crippen LogP contribution in [0, 0.1) is 6.92 Å². The number of carbonyl (C=O) groups excluding carboxylic acids is 1. The van der Waals surface area contributed by atoms with Crippen molar-refractivity contribution in [1.29, 1.82) is 0 Å². The fourth-order valence-electron chi connectivity index (χ4n) is 2.28. The summed E-state index contributed by atoms with van der Waals surface area (Å²) < 4.78 is 3.22. The first-order valence-corrected chi connectivity index (χ1v) is 8.45. The zero-order valence-electron chi connectivity index (χ0n) is 13.4. The molecule has 0 saturated carbocycles. The van der Waals surface area contributed by atoms with E-state index in [0.29, 0.717) is 27.2 Å². The largest absolute Gasteiger partial charge is 0.304 e. The lowest BCUT2D eigenvalue weighted by Gasteiger charge is -2.05. The number of carbonyl (C=O) groups is 1. The molecule has 0 atom stereocenters. The van der Waals surface area contributed by atoms with Gasteiger partial charge in [0, 0.05) is 29.0 Å². The molecule has 130 valence electrons. The maximum absolute atomic E-state index is 12.4. The van der Waals surface area contributed by atoms with Crippen molar-refractivity contribution in [3.63, 3.8) is 0 Å². The van der Waals surface area contributed by atoms with Crippen LogP contribution in [-0.2, 0) is 13.6 Å². The van der Waals surface area contributed by atoms with Gasteiger partial charge >= 0.3 is 0 Å². The molecule has 9 heteroatoms. The van der Waals surface area contributed by atoms with E-state index in [0.717, 1.165) is 11.3 Å². The van der Waals surface area contributed by atoms with E-state index in [1.165, 1.54) is 6.20 Å². The first kappa shape index (κ1) is 17.8. The molecule has 3 rings (SSSR count). The highest BCUT2D eigenvalue weighted by molar-refractivity contribution is 6.35. The lowest BCUT2D eigenvalue weighted by molar-refractivity contribution is 0.102. The maximum atomic E-state index is 12.4. The number of nitrogens with zero attached hydrogens (tertiary/aromatic N) is 4. The van der Waals surface area contributed by atoms with E-state index in [2.05, 4.69) is 15.5 Å². The van der Waals surface area contributed by atoms with Gasteiger partial charge < -0.3 is 5.32 Å². The molecule has 0 radical (unpaired) electrons. The number of rotatable bonds is 4. The zero-order valence-corrected chi connectivity index (χ0v) is 15.7. The lowest BCUT2D eigenvalue weighted by Crippen LogP contribution is -2.14. The Morgan fingerprint density at radius 1 is 1.24 bits per heavy atom. The Hall–Kier alpha value is -2.02. The van der Waals surface area contributed by atoms with Crippen molar-refractivity contribution in [1.82, 2.24) is 19.6 Å². The second kappa shape index (κ2) is 7.07. The van der Waals surface area contributed by atoms with E-state index >= 15 is 0 Å². The number of aryl methyl sites for hydroxylation is 1. The van der Waals surface area contributed by atoms with Gasteiger partial charge in [0.25, 0.3) is 5.91 Å². The quantitative estimate of drug-likeness (QED) is 0.717. The summed E-state index contributed by atoms with van der Waals surface area (Å²) in [5.74, 6) is -0.0396. The molecule has 0 aliphatic carbocycles. The van der Waals surface area contributed by atoms with Crippen LogP contribution < -0.4 is 5.32 Å². The summed E-state index contributed by atoms with van der Waals surface area (Å²) in [5.41, 5.74) is 2.06.